The predicted octanol–water partition coefficient (Wildman–Crippen LogP) is 2.53. The highest BCUT2D eigenvalue weighted by Gasteiger charge is 2.36. The molecule has 2 amide bonds. The van der Waals surface area contributed by atoms with E-state index in [-0.39, 0.29) is 29.2 Å². The van der Waals surface area contributed by atoms with E-state index in [4.69, 9.17) is 0 Å². The fourth-order valence-corrected chi connectivity index (χ4v) is 4.65. The summed E-state index contributed by atoms with van der Waals surface area (Å²) in [7, 11) is 0. The van der Waals surface area contributed by atoms with E-state index < -0.39 is 28.2 Å². The van der Waals surface area contributed by atoms with Crippen LogP contribution in [-0.4, -0.2) is 39.8 Å². The lowest BCUT2D eigenvalue weighted by molar-refractivity contribution is -0.384. The maximum atomic E-state index is 13.1. The van der Waals surface area contributed by atoms with E-state index in [1.165, 1.54) is 18.2 Å². The highest BCUT2D eigenvalue weighted by Crippen LogP contribution is 2.32. The Hall–Kier alpha value is -3.76. The summed E-state index contributed by atoms with van der Waals surface area (Å²) in [4.78, 5) is 58.3. The van der Waals surface area contributed by atoms with E-state index in [0.717, 1.165) is 19.5 Å². The van der Waals surface area contributed by atoms with Gasteiger partial charge in [-0.15, -0.1) is 0 Å². The number of aryl methyl sites for hydroxylation is 1. The molecule has 2 aliphatic rings. The average Bonchev–Trinajstić information content (AvgIpc) is 2.73. The monoisotopic (exact) mass is 454 g/mol. The molecule has 2 aromatic rings. The second-order valence-corrected chi connectivity index (χ2v) is 9.05. The van der Waals surface area contributed by atoms with Crippen LogP contribution < -0.4 is 21.1 Å². The van der Waals surface area contributed by atoms with Crippen LogP contribution in [0.4, 0.5) is 23.1 Å². The molecule has 1 saturated heterocycles. The summed E-state index contributed by atoms with van der Waals surface area (Å²) in [5.41, 5.74) is 0.282. The minimum Gasteiger partial charge on any atom is -0.342 e. The highest BCUT2D eigenvalue weighted by atomic mass is 16.6. The maximum Gasteiger partial charge on any atom is 0.271 e. The Morgan fingerprint density at radius 1 is 1.24 bits per heavy atom. The number of nitro groups is 1. The lowest BCUT2D eigenvalue weighted by atomic mass is 9.91. The summed E-state index contributed by atoms with van der Waals surface area (Å²) in [6.07, 6.45) is 0.858. The van der Waals surface area contributed by atoms with Crippen molar-refractivity contribution in [2.75, 3.05) is 28.6 Å². The number of nitro benzene ring substituents is 1. The van der Waals surface area contributed by atoms with Crippen LogP contribution in [0.3, 0.4) is 0 Å². The van der Waals surface area contributed by atoms with Gasteiger partial charge in [0.1, 0.15) is 5.82 Å². The van der Waals surface area contributed by atoms with E-state index in [1.54, 1.807) is 6.92 Å². The third-order valence-corrected chi connectivity index (χ3v) is 6.11. The number of rotatable bonds is 4. The third kappa shape index (κ3) is 4.57. The number of H-pyrrole nitrogens is 1. The van der Waals surface area contributed by atoms with E-state index in [2.05, 4.69) is 34.4 Å². The van der Waals surface area contributed by atoms with Gasteiger partial charge in [-0.05, 0) is 30.7 Å². The van der Waals surface area contributed by atoms with E-state index in [1.807, 2.05) is 4.90 Å². The normalized spacial score (nSPS) is 22.3. The molecule has 0 spiro atoms. The standard InChI is InChI=1S/C22H26N6O5/c1-11-6-12(2)10-27(9-11)22-25-19-18(21(31)26-22)15(8-17(29)24-19)20(30)23-16-7-14(28(32)33)5-4-13(16)3/h4-5,7,11-12,15H,6,8-10H2,1-3H3,(H,23,30)(H2,24,25,26,29,31)/t11-,12+,15-/m1/s1. The van der Waals surface area contributed by atoms with E-state index >= 15 is 0 Å². The lowest BCUT2D eigenvalue weighted by Gasteiger charge is -2.35. The predicted molar refractivity (Wildman–Crippen MR) is 122 cm³/mol. The molecule has 0 aliphatic carbocycles. The molecule has 1 aromatic heterocycles. The fraction of sp³-hybridized carbons (Fsp3) is 0.455. The van der Waals surface area contributed by atoms with Gasteiger partial charge in [0.25, 0.3) is 11.2 Å². The minimum absolute atomic E-state index is 0.0757. The van der Waals surface area contributed by atoms with Crippen molar-refractivity contribution >= 4 is 35.0 Å². The number of carbonyl (C=O) groups excluding carboxylic acids is 2. The number of nitrogens with one attached hydrogen (secondary N) is 3. The van der Waals surface area contributed by atoms with Crippen molar-refractivity contribution in [1.82, 2.24) is 9.97 Å². The fourth-order valence-electron chi connectivity index (χ4n) is 4.65. The molecular formula is C22H26N6O5. The van der Waals surface area contributed by atoms with Crippen LogP contribution in [0.5, 0.6) is 0 Å². The van der Waals surface area contributed by atoms with Gasteiger partial charge in [-0.3, -0.25) is 29.5 Å². The van der Waals surface area contributed by atoms with Crippen molar-refractivity contribution in [3.05, 3.63) is 49.8 Å². The van der Waals surface area contributed by atoms with E-state index in [0.29, 0.717) is 23.3 Å². The first-order valence-corrected chi connectivity index (χ1v) is 10.9. The molecule has 1 fully saturated rings. The molecule has 4 rings (SSSR count). The third-order valence-electron chi connectivity index (χ3n) is 6.11. The first-order valence-electron chi connectivity index (χ1n) is 10.9. The molecule has 11 nitrogen and oxygen atoms in total. The number of benzene rings is 1. The summed E-state index contributed by atoms with van der Waals surface area (Å²) in [6, 6.07) is 4.12. The van der Waals surface area contributed by atoms with Crippen molar-refractivity contribution in [2.45, 2.75) is 39.5 Å². The topological polar surface area (TPSA) is 150 Å². The molecule has 3 atom stereocenters. The number of piperidine rings is 1. The Balaban J connectivity index is 1.65. The number of hydrogen-bond donors (Lipinski definition) is 3. The number of fused-ring (bicyclic) bond motifs is 1. The Labute approximate surface area is 189 Å². The number of hydrogen-bond acceptors (Lipinski definition) is 7. The van der Waals surface area contributed by atoms with Gasteiger partial charge in [0.05, 0.1) is 22.1 Å². The van der Waals surface area contributed by atoms with Gasteiger partial charge in [-0.2, -0.15) is 4.98 Å². The summed E-state index contributed by atoms with van der Waals surface area (Å²) < 4.78 is 0. The molecule has 174 valence electrons. The van der Waals surface area contributed by atoms with Gasteiger partial charge in [0.2, 0.25) is 17.8 Å². The molecule has 0 saturated carbocycles. The van der Waals surface area contributed by atoms with Crippen molar-refractivity contribution < 1.29 is 14.5 Å². The quantitative estimate of drug-likeness (QED) is 0.474. The first-order chi connectivity index (χ1) is 15.6. The summed E-state index contributed by atoms with van der Waals surface area (Å²) in [6.45, 7) is 7.43. The number of carbonyl (C=O) groups is 2. The zero-order chi connectivity index (χ0) is 23.9. The molecule has 11 heteroatoms. The van der Waals surface area contributed by atoms with Crippen LogP contribution >= 0.6 is 0 Å². The second-order valence-electron chi connectivity index (χ2n) is 9.05. The first kappa shape index (κ1) is 22.4. The SMILES string of the molecule is Cc1ccc([N+](=O)[O-])cc1NC(=O)[C@@H]1CC(=O)Nc2nc(N3C[C@H](C)C[C@H](C)C3)[nH]c(=O)c21. The molecule has 3 heterocycles. The molecule has 2 aliphatic heterocycles. The highest BCUT2D eigenvalue weighted by molar-refractivity contribution is 6.04. The van der Waals surface area contributed by atoms with Gasteiger partial charge in [-0.25, -0.2) is 0 Å². The molecule has 3 N–H and O–H groups in total. The van der Waals surface area contributed by atoms with Gasteiger partial charge in [0.15, 0.2) is 0 Å². The average molecular weight is 454 g/mol. The van der Waals surface area contributed by atoms with Crippen LogP contribution in [0.15, 0.2) is 23.0 Å². The van der Waals surface area contributed by atoms with Gasteiger partial charge in [-0.1, -0.05) is 19.9 Å². The van der Waals surface area contributed by atoms with Crippen LogP contribution in [-0.2, 0) is 9.59 Å². The van der Waals surface area contributed by atoms with Gasteiger partial charge in [0, 0.05) is 31.6 Å². The smallest absolute Gasteiger partial charge is 0.271 e. The van der Waals surface area contributed by atoms with Crippen LogP contribution in [0, 0.1) is 28.9 Å². The number of anilines is 3. The number of nitrogens with zero attached hydrogens (tertiary/aromatic N) is 3. The zero-order valence-electron chi connectivity index (χ0n) is 18.7. The molecule has 0 radical (unpaired) electrons. The van der Waals surface area contributed by atoms with Crippen molar-refractivity contribution in [1.29, 1.82) is 0 Å². The molecular weight excluding hydrogens is 428 g/mol. The Morgan fingerprint density at radius 2 is 1.94 bits per heavy atom. The maximum absolute atomic E-state index is 13.1. The number of amides is 2. The van der Waals surface area contributed by atoms with Gasteiger partial charge >= 0.3 is 0 Å². The van der Waals surface area contributed by atoms with Crippen LogP contribution in [0.25, 0.3) is 0 Å². The van der Waals surface area contributed by atoms with Crippen LogP contribution in [0.2, 0.25) is 0 Å². The molecule has 1 aromatic carbocycles. The summed E-state index contributed by atoms with van der Waals surface area (Å²) >= 11 is 0. The van der Waals surface area contributed by atoms with E-state index in [9.17, 15) is 24.5 Å². The minimum atomic E-state index is -1.07. The summed E-state index contributed by atoms with van der Waals surface area (Å²) in [5.74, 6) is -0.794. The number of aromatic amines is 1. The molecule has 0 bridgehead atoms. The Morgan fingerprint density at radius 3 is 2.61 bits per heavy atom. The van der Waals surface area contributed by atoms with Crippen molar-refractivity contribution in [2.24, 2.45) is 11.8 Å². The number of non-ortho nitro benzene ring substituents is 1. The largest absolute Gasteiger partial charge is 0.342 e. The van der Waals surface area contributed by atoms with Crippen LogP contribution in [0.1, 0.15) is 43.7 Å². The Kier molecular flexibility index (Phi) is 5.88. The second kappa shape index (κ2) is 8.64. The van der Waals surface area contributed by atoms with Crippen molar-refractivity contribution in [3.8, 4) is 0 Å². The molecule has 33 heavy (non-hydrogen) atoms. The molecule has 0 unspecified atom stereocenters. The Bertz CT molecular complexity index is 1180. The van der Waals surface area contributed by atoms with Crippen molar-refractivity contribution in [3.63, 3.8) is 0 Å². The zero-order valence-corrected chi connectivity index (χ0v) is 18.7. The lowest BCUT2D eigenvalue weighted by Crippen LogP contribution is -2.42. The van der Waals surface area contributed by atoms with Gasteiger partial charge < -0.3 is 15.5 Å². The number of aromatic nitrogens is 2. The summed E-state index contributed by atoms with van der Waals surface area (Å²) in [5, 5.41) is 16.3.